The molecule has 2 atom stereocenters. The van der Waals surface area contributed by atoms with Crippen LogP contribution in [0.5, 0.6) is 0 Å². The van der Waals surface area contributed by atoms with E-state index in [-0.39, 0.29) is 18.0 Å². The Bertz CT molecular complexity index is 1060. The second-order valence-electron chi connectivity index (χ2n) is 8.01. The molecular weight excluding hydrogens is 465 g/mol. The summed E-state index contributed by atoms with van der Waals surface area (Å²) in [6.45, 7) is 0.766. The molecule has 1 aliphatic heterocycles. The van der Waals surface area contributed by atoms with Crippen molar-refractivity contribution in [3.8, 4) is 0 Å². The Kier molecular flexibility index (Phi) is 7.56. The van der Waals surface area contributed by atoms with Gasteiger partial charge in [-0.3, -0.25) is 9.78 Å². The molecule has 4 rings (SSSR count). The molecule has 1 aromatic heterocycles. The van der Waals surface area contributed by atoms with E-state index in [1.165, 1.54) is 0 Å². The van der Waals surface area contributed by atoms with Crippen molar-refractivity contribution in [2.75, 3.05) is 11.4 Å². The minimum absolute atomic E-state index is 0.0586. The number of hydrogen-bond donors (Lipinski definition) is 1. The molecule has 0 radical (unpaired) electrons. The van der Waals surface area contributed by atoms with E-state index >= 15 is 0 Å². The molecule has 0 aliphatic carbocycles. The van der Waals surface area contributed by atoms with Crippen LogP contribution in [0, 0.1) is 0 Å². The fourth-order valence-corrected chi connectivity index (χ4v) is 4.85. The Morgan fingerprint density at radius 2 is 1.84 bits per heavy atom. The lowest BCUT2D eigenvalue weighted by Gasteiger charge is -2.42. The number of piperidine rings is 1. The second kappa shape index (κ2) is 10.6. The highest BCUT2D eigenvalue weighted by molar-refractivity contribution is 6.36. The van der Waals surface area contributed by atoms with Gasteiger partial charge < -0.3 is 10.2 Å². The van der Waals surface area contributed by atoms with E-state index < -0.39 is 0 Å². The summed E-state index contributed by atoms with van der Waals surface area (Å²) < 4.78 is 0. The monoisotopic (exact) mass is 487 g/mol. The molecule has 2 heterocycles. The van der Waals surface area contributed by atoms with Gasteiger partial charge in [-0.1, -0.05) is 53.0 Å². The zero-order valence-corrected chi connectivity index (χ0v) is 19.7. The molecule has 0 saturated carbocycles. The van der Waals surface area contributed by atoms with Crippen molar-refractivity contribution in [1.29, 1.82) is 0 Å². The number of aromatic nitrogens is 1. The highest BCUT2D eigenvalue weighted by Gasteiger charge is 2.31. The smallest absolute Gasteiger partial charge is 0.220 e. The number of carbonyl (C=O) groups is 1. The quantitative estimate of drug-likeness (QED) is 0.431. The average molecular weight is 489 g/mol. The molecule has 2 aromatic carbocycles. The van der Waals surface area contributed by atoms with Crippen molar-refractivity contribution in [2.24, 2.45) is 0 Å². The SMILES string of the molecule is O=C(CCc1cccnc1)NC1CCN(c2ccc(Cl)cc2Cl)[C@H](c2ccc(Cl)cc2)C1. The number of benzene rings is 2. The maximum absolute atomic E-state index is 12.6. The first-order chi connectivity index (χ1) is 15.5. The lowest BCUT2D eigenvalue weighted by Crippen LogP contribution is -2.46. The topological polar surface area (TPSA) is 45.2 Å². The van der Waals surface area contributed by atoms with Crippen LogP contribution in [-0.2, 0) is 11.2 Å². The average Bonchev–Trinajstić information content (AvgIpc) is 2.79. The molecule has 7 heteroatoms. The molecular formula is C25H24Cl3N3O. The molecule has 4 nitrogen and oxygen atoms in total. The first-order valence-corrected chi connectivity index (χ1v) is 11.8. The Morgan fingerprint density at radius 3 is 2.56 bits per heavy atom. The van der Waals surface area contributed by atoms with E-state index in [0.29, 0.717) is 27.9 Å². The molecule has 0 bridgehead atoms. The van der Waals surface area contributed by atoms with E-state index in [2.05, 4.69) is 15.2 Å². The van der Waals surface area contributed by atoms with Gasteiger partial charge in [-0.05, 0) is 66.8 Å². The molecule has 166 valence electrons. The second-order valence-corrected chi connectivity index (χ2v) is 9.29. The van der Waals surface area contributed by atoms with Gasteiger partial charge in [-0.15, -0.1) is 0 Å². The number of pyridine rings is 1. The molecule has 1 aliphatic rings. The first-order valence-electron chi connectivity index (χ1n) is 10.6. The lowest BCUT2D eigenvalue weighted by atomic mass is 9.91. The number of nitrogens with zero attached hydrogens (tertiary/aromatic N) is 2. The molecule has 1 amide bonds. The maximum atomic E-state index is 12.6. The van der Waals surface area contributed by atoms with E-state index in [4.69, 9.17) is 34.8 Å². The number of aryl methyl sites for hydroxylation is 1. The third kappa shape index (κ3) is 5.74. The normalized spacial score (nSPS) is 18.4. The summed E-state index contributed by atoms with van der Waals surface area (Å²) in [5.41, 5.74) is 3.14. The minimum atomic E-state index is 0.0586. The van der Waals surface area contributed by atoms with Crippen LogP contribution in [0.3, 0.4) is 0 Å². The third-order valence-corrected chi connectivity index (χ3v) is 6.59. The Morgan fingerprint density at radius 1 is 1.06 bits per heavy atom. The summed E-state index contributed by atoms with van der Waals surface area (Å²) in [5.74, 6) is 0.0617. The predicted octanol–water partition coefficient (Wildman–Crippen LogP) is 6.50. The summed E-state index contributed by atoms with van der Waals surface area (Å²) in [5, 5.41) is 5.15. The number of nitrogens with one attached hydrogen (secondary N) is 1. The van der Waals surface area contributed by atoms with Crippen molar-refractivity contribution in [3.63, 3.8) is 0 Å². The molecule has 1 unspecified atom stereocenters. The number of halogens is 3. The van der Waals surface area contributed by atoms with Crippen LogP contribution in [0.2, 0.25) is 15.1 Å². The van der Waals surface area contributed by atoms with E-state index in [1.807, 2.05) is 48.5 Å². The van der Waals surface area contributed by atoms with E-state index in [0.717, 1.165) is 36.2 Å². The third-order valence-electron chi connectivity index (χ3n) is 5.81. The van der Waals surface area contributed by atoms with Crippen molar-refractivity contribution >= 4 is 46.4 Å². The summed E-state index contributed by atoms with van der Waals surface area (Å²) in [7, 11) is 0. The molecule has 1 saturated heterocycles. The zero-order valence-electron chi connectivity index (χ0n) is 17.5. The minimum Gasteiger partial charge on any atom is -0.363 e. The van der Waals surface area contributed by atoms with Gasteiger partial charge in [0.05, 0.1) is 16.8 Å². The van der Waals surface area contributed by atoms with Crippen LogP contribution in [0.25, 0.3) is 0 Å². The Balaban J connectivity index is 1.48. The number of hydrogen-bond acceptors (Lipinski definition) is 3. The van der Waals surface area contributed by atoms with Gasteiger partial charge in [-0.2, -0.15) is 0 Å². The highest BCUT2D eigenvalue weighted by Crippen LogP contribution is 2.39. The van der Waals surface area contributed by atoms with Crippen molar-refractivity contribution < 1.29 is 4.79 Å². The maximum Gasteiger partial charge on any atom is 0.220 e. The fourth-order valence-electron chi connectivity index (χ4n) is 4.20. The molecule has 1 fully saturated rings. The van der Waals surface area contributed by atoms with Crippen LogP contribution in [0.15, 0.2) is 67.0 Å². The molecule has 3 aromatic rings. The van der Waals surface area contributed by atoms with Gasteiger partial charge in [0.2, 0.25) is 5.91 Å². The number of amides is 1. The van der Waals surface area contributed by atoms with E-state index in [1.54, 1.807) is 18.5 Å². The Hall–Kier alpha value is -2.27. The predicted molar refractivity (Wildman–Crippen MR) is 132 cm³/mol. The van der Waals surface area contributed by atoms with E-state index in [9.17, 15) is 4.79 Å². The lowest BCUT2D eigenvalue weighted by molar-refractivity contribution is -0.121. The number of carbonyl (C=O) groups excluding carboxylic acids is 1. The van der Waals surface area contributed by atoms with Crippen molar-refractivity contribution in [3.05, 3.63) is 93.2 Å². The number of anilines is 1. The summed E-state index contributed by atoms with van der Waals surface area (Å²) >= 11 is 18.8. The first kappa shape index (κ1) is 22.9. The van der Waals surface area contributed by atoms with Crippen molar-refractivity contribution in [1.82, 2.24) is 10.3 Å². The van der Waals surface area contributed by atoms with Crippen LogP contribution >= 0.6 is 34.8 Å². The van der Waals surface area contributed by atoms with Gasteiger partial charge in [0.15, 0.2) is 0 Å². The zero-order chi connectivity index (χ0) is 22.5. The highest BCUT2D eigenvalue weighted by atomic mass is 35.5. The van der Waals surface area contributed by atoms with Gasteiger partial charge >= 0.3 is 0 Å². The summed E-state index contributed by atoms with van der Waals surface area (Å²) in [4.78, 5) is 19.0. The fraction of sp³-hybridized carbons (Fsp3) is 0.280. The van der Waals surface area contributed by atoms with Crippen LogP contribution in [0.4, 0.5) is 5.69 Å². The van der Waals surface area contributed by atoms with Gasteiger partial charge in [0.1, 0.15) is 0 Å². The van der Waals surface area contributed by atoms with Gasteiger partial charge in [-0.25, -0.2) is 0 Å². The summed E-state index contributed by atoms with van der Waals surface area (Å²) in [6, 6.07) is 17.5. The molecule has 0 spiro atoms. The van der Waals surface area contributed by atoms with Crippen LogP contribution in [-0.4, -0.2) is 23.5 Å². The largest absolute Gasteiger partial charge is 0.363 e. The molecule has 1 N–H and O–H groups in total. The van der Waals surface area contributed by atoms with Gasteiger partial charge in [0.25, 0.3) is 0 Å². The number of rotatable bonds is 6. The molecule has 32 heavy (non-hydrogen) atoms. The summed E-state index contributed by atoms with van der Waals surface area (Å²) in [6.07, 6.45) is 6.28. The van der Waals surface area contributed by atoms with Crippen LogP contribution in [0.1, 0.15) is 36.4 Å². The van der Waals surface area contributed by atoms with Crippen molar-refractivity contribution in [2.45, 2.75) is 37.8 Å². The van der Waals surface area contributed by atoms with Gasteiger partial charge in [0, 0.05) is 41.4 Å². The van der Waals surface area contributed by atoms with Crippen LogP contribution < -0.4 is 10.2 Å². The Labute approximate surface area is 203 Å². The standard InChI is InChI=1S/C25H24Cl3N3O/c26-19-6-4-18(5-7-19)24-15-21(30-25(32)10-3-17-2-1-12-29-16-17)11-13-31(24)23-9-8-20(27)14-22(23)28/h1-2,4-9,12,14,16,21,24H,3,10-11,13,15H2,(H,30,32)/t21?,24-/m0/s1.